The number of para-hydroxylation sites is 1. The normalized spacial score (nSPS) is 21.8. The number of carbonyl (C=O) groups is 11. The lowest BCUT2D eigenvalue weighted by atomic mass is 10.00. The summed E-state index contributed by atoms with van der Waals surface area (Å²) < 4.78 is 5.80. The Balaban J connectivity index is 1.68. The Kier molecular flexibility index (Phi) is 31.2. The zero-order valence-electron chi connectivity index (χ0n) is 51.2. The summed E-state index contributed by atoms with van der Waals surface area (Å²) in [5.74, 6) is -9.46. The van der Waals surface area contributed by atoms with Gasteiger partial charge in [-0.1, -0.05) is 62.4 Å². The number of hydrogen-bond acceptors (Lipinski definition) is 19. The van der Waals surface area contributed by atoms with E-state index in [1.165, 1.54) is 26.0 Å². The quantitative estimate of drug-likeness (QED) is 0.0359. The lowest BCUT2D eigenvalue weighted by Crippen LogP contribution is -2.62. The third kappa shape index (κ3) is 24.0. The molecule has 0 saturated carbocycles. The molecule has 3 aromatic carbocycles. The third-order valence-corrected chi connectivity index (χ3v) is 14.3. The van der Waals surface area contributed by atoms with Crippen LogP contribution in [0.1, 0.15) is 88.6 Å². The van der Waals surface area contributed by atoms with Crippen LogP contribution in [0, 0.1) is 5.92 Å². The molecule has 4 rings (SSSR count). The number of nitrogens with two attached hydrogens (primary N) is 5. The van der Waals surface area contributed by atoms with Crippen LogP contribution in [0.25, 0.3) is 0 Å². The summed E-state index contributed by atoms with van der Waals surface area (Å²) in [4.78, 5) is 155. The first-order chi connectivity index (χ1) is 42.9. The largest absolute Gasteiger partial charge is 0.457 e. The Morgan fingerprint density at radius 2 is 0.989 bits per heavy atom. The van der Waals surface area contributed by atoms with Gasteiger partial charge in [0.1, 0.15) is 71.9 Å². The average Bonchev–Trinajstić information content (AvgIpc) is 2.48. The topological polar surface area (TPSA) is 500 Å². The maximum atomic E-state index is 14.6. The van der Waals surface area contributed by atoms with Crippen molar-refractivity contribution in [1.82, 2.24) is 58.5 Å². The minimum Gasteiger partial charge on any atom is -0.457 e. The van der Waals surface area contributed by atoms with Gasteiger partial charge in [0.05, 0.1) is 12.2 Å². The molecule has 0 unspecified atom stereocenters. The van der Waals surface area contributed by atoms with Gasteiger partial charge >= 0.3 is 0 Å². The summed E-state index contributed by atoms with van der Waals surface area (Å²) in [5, 5.41) is 49.7. The lowest BCUT2D eigenvalue weighted by Gasteiger charge is -2.29. The van der Waals surface area contributed by atoms with Gasteiger partial charge in [-0.25, -0.2) is 0 Å². The van der Waals surface area contributed by atoms with Crippen molar-refractivity contribution in [2.45, 2.75) is 152 Å². The summed E-state index contributed by atoms with van der Waals surface area (Å²) >= 11 is 0. The second kappa shape index (κ2) is 38.0. The first-order valence-corrected chi connectivity index (χ1v) is 30.0. The third-order valence-electron chi connectivity index (χ3n) is 14.3. The minimum absolute atomic E-state index is 0.0365. The number of aliphatic hydroxyl groups is 2. The van der Waals surface area contributed by atoms with Crippen LogP contribution in [0.5, 0.6) is 11.5 Å². The summed E-state index contributed by atoms with van der Waals surface area (Å²) in [6.07, 6.45) is -4.76. The van der Waals surface area contributed by atoms with Crippen molar-refractivity contribution in [3.05, 3.63) is 96.1 Å². The molecule has 12 atom stereocenters. The van der Waals surface area contributed by atoms with E-state index in [1.807, 2.05) is 6.07 Å². The van der Waals surface area contributed by atoms with Crippen LogP contribution in [0.15, 0.2) is 84.9 Å². The monoisotopic (exact) mass is 1260 g/mol. The summed E-state index contributed by atoms with van der Waals surface area (Å²) in [6.45, 7) is 4.62. The highest BCUT2D eigenvalue weighted by molar-refractivity contribution is 6.00. The van der Waals surface area contributed by atoms with Gasteiger partial charge in [-0.15, -0.1) is 0 Å². The molecule has 0 spiro atoms. The fraction of sp³-hybridized carbons (Fsp3) is 0.517. The van der Waals surface area contributed by atoms with Crippen LogP contribution in [0.3, 0.4) is 0 Å². The summed E-state index contributed by atoms with van der Waals surface area (Å²) in [5.41, 5.74) is 30.2. The van der Waals surface area contributed by atoms with Crippen molar-refractivity contribution in [3.63, 3.8) is 0 Å². The summed E-state index contributed by atoms with van der Waals surface area (Å²) in [6, 6.07) is 8.34. The smallest absolute Gasteiger partial charge is 0.251 e. The van der Waals surface area contributed by atoms with Crippen LogP contribution in [0.2, 0.25) is 0 Å². The molecule has 30 nitrogen and oxygen atoms in total. The molecular weight excluding hydrogens is 1170 g/mol. The van der Waals surface area contributed by atoms with E-state index in [9.17, 15) is 63.0 Å². The van der Waals surface area contributed by atoms with E-state index in [0.29, 0.717) is 17.1 Å². The SMILES string of the molecule is CC(C)C[C@@H]1NC(=O)[C@@H](Cc2ccccc2)NC(=O)[C@H](CCN)NC(=O)[C@@H](NC(=O)[C@H](CCN)NC(=O)[C@@H](NC(=O)[C@H](CCN)NC(=O)c2ccc(Oc3ccccc3)cc2)[C@@H](C)O)CCNC(=O)[C@H]([C@@H](C)O)NC(=O)[C@H](CCN)NC(=O)[C@H](CCN)NC1=O. The Labute approximate surface area is 522 Å². The number of hydrogen-bond donors (Lipinski definition) is 18. The Bertz CT molecular complexity index is 2850. The highest BCUT2D eigenvalue weighted by Gasteiger charge is 2.38. The highest BCUT2D eigenvalue weighted by Crippen LogP contribution is 2.21. The maximum absolute atomic E-state index is 14.6. The standard InChI is InChI=1S/C60H90N16O14/c1-33(2)31-46-57(86)70-40(19-25-61)51(80)69-44(23-29-65)56(85)75-48(34(3)77)59(88)66-30-24-45(54(83)68-41(20-26-62)53(82)74-47(58(87)73-46)32-36-11-7-5-8-12-36)71-52(81)42(21-27-63)72-60(89)49(35(4)78)76-55(84)43(22-28-64)67-50(79)37-15-17-39(18-16-37)90-38-13-9-6-10-14-38/h5-18,33-35,40-49,77-78H,19-32,61-65H2,1-4H3,(H,66,88)(H,67,79)(H,68,83)(H,69,80)(H,70,86)(H,71,81)(H,72,89)(H,73,87)(H,74,82)(H,75,85)(H,76,84)/t34-,35-,40+,41+,42+,43+,44+,45+,46+,47-,48+,49+/m1/s1. The van der Waals surface area contributed by atoms with Crippen molar-refractivity contribution < 1.29 is 67.7 Å². The van der Waals surface area contributed by atoms with Gasteiger partial charge in [0.2, 0.25) is 59.1 Å². The van der Waals surface area contributed by atoms with Crippen molar-refractivity contribution in [2.75, 3.05) is 39.3 Å². The lowest BCUT2D eigenvalue weighted by molar-refractivity contribution is -0.136. The van der Waals surface area contributed by atoms with Gasteiger partial charge in [-0.05, 0) is 139 Å². The van der Waals surface area contributed by atoms with Gasteiger partial charge < -0.3 is 102 Å². The zero-order valence-corrected chi connectivity index (χ0v) is 51.2. The number of amides is 11. The molecule has 0 aromatic heterocycles. The van der Waals surface area contributed by atoms with Gasteiger partial charge in [-0.3, -0.25) is 52.7 Å². The van der Waals surface area contributed by atoms with Crippen LogP contribution >= 0.6 is 0 Å². The van der Waals surface area contributed by atoms with E-state index in [4.69, 9.17) is 33.4 Å². The Morgan fingerprint density at radius 1 is 0.522 bits per heavy atom. The van der Waals surface area contributed by atoms with Crippen LogP contribution in [-0.4, -0.2) is 187 Å². The molecule has 0 aliphatic carbocycles. The molecule has 494 valence electrons. The number of ether oxygens (including phenoxy) is 1. The Morgan fingerprint density at radius 3 is 1.50 bits per heavy atom. The molecular formula is C60H90N16O14. The molecule has 1 aliphatic rings. The van der Waals surface area contributed by atoms with Gasteiger partial charge in [0, 0.05) is 18.5 Å². The molecule has 23 N–H and O–H groups in total. The average molecular weight is 1260 g/mol. The van der Waals surface area contributed by atoms with Crippen molar-refractivity contribution in [2.24, 2.45) is 34.6 Å². The Hall–Kier alpha value is -8.65. The first-order valence-electron chi connectivity index (χ1n) is 30.0. The van der Waals surface area contributed by atoms with Crippen molar-refractivity contribution in [3.8, 4) is 11.5 Å². The number of aliphatic hydroxyl groups excluding tert-OH is 2. The van der Waals surface area contributed by atoms with Crippen LogP contribution in [0.4, 0.5) is 0 Å². The fourth-order valence-corrected chi connectivity index (χ4v) is 9.41. The highest BCUT2D eigenvalue weighted by atomic mass is 16.5. The fourth-order valence-electron chi connectivity index (χ4n) is 9.41. The second-order valence-electron chi connectivity index (χ2n) is 22.1. The first kappa shape index (κ1) is 73.8. The van der Waals surface area contributed by atoms with E-state index >= 15 is 0 Å². The number of rotatable bonds is 26. The van der Waals surface area contributed by atoms with Gasteiger partial charge in [0.15, 0.2) is 0 Å². The molecule has 1 fully saturated rings. The van der Waals surface area contributed by atoms with E-state index in [0.717, 1.165) is 0 Å². The molecule has 90 heavy (non-hydrogen) atoms. The summed E-state index contributed by atoms with van der Waals surface area (Å²) in [7, 11) is 0. The molecule has 1 aliphatic heterocycles. The van der Waals surface area contributed by atoms with E-state index in [1.54, 1.807) is 80.6 Å². The van der Waals surface area contributed by atoms with Crippen molar-refractivity contribution in [1.29, 1.82) is 0 Å². The predicted molar refractivity (Wildman–Crippen MR) is 331 cm³/mol. The van der Waals surface area contributed by atoms with Gasteiger partial charge in [-0.2, -0.15) is 0 Å². The molecule has 1 saturated heterocycles. The van der Waals surface area contributed by atoms with E-state index in [2.05, 4.69) is 58.5 Å². The maximum Gasteiger partial charge on any atom is 0.251 e. The van der Waals surface area contributed by atoms with E-state index in [-0.39, 0.29) is 89.2 Å². The molecule has 30 heteroatoms. The molecule has 11 amide bonds. The molecule has 1 heterocycles. The van der Waals surface area contributed by atoms with Crippen LogP contribution < -0.4 is 91.9 Å². The molecule has 0 radical (unpaired) electrons. The van der Waals surface area contributed by atoms with Gasteiger partial charge in [0.25, 0.3) is 5.91 Å². The molecule has 3 aromatic rings. The minimum atomic E-state index is -1.77. The van der Waals surface area contributed by atoms with Crippen molar-refractivity contribution >= 4 is 65.0 Å². The second-order valence-corrected chi connectivity index (χ2v) is 22.1. The molecule has 0 bridgehead atoms. The number of carbonyl (C=O) groups excluding carboxylic acids is 11. The van der Waals surface area contributed by atoms with Crippen LogP contribution in [-0.2, 0) is 54.4 Å². The number of benzene rings is 3. The zero-order chi connectivity index (χ0) is 66.5. The number of nitrogens with one attached hydrogen (secondary N) is 11. The predicted octanol–water partition coefficient (Wildman–Crippen LogP) is -4.75. The van der Waals surface area contributed by atoms with E-state index < -0.39 is 151 Å².